The zero-order valence-electron chi connectivity index (χ0n) is 14.9. The molecule has 0 spiro atoms. The number of hydrogen-bond donors (Lipinski definition) is 0. The highest BCUT2D eigenvalue weighted by Crippen LogP contribution is 2.42. The molecule has 128 valence electrons. The lowest BCUT2D eigenvalue weighted by atomic mass is 9.87. The van der Waals surface area contributed by atoms with Crippen LogP contribution in [0.5, 0.6) is 0 Å². The second-order valence-corrected chi connectivity index (χ2v) is 6.87. The molecule has 4 rings (SSSR count). The molecule has 0 unspecified atom stereocenters. The molecule has 6 nitrogen and oxygen atoms in total. The summed E-state index contributed by atoms with van der Waals surface area (Å²) in [7, 11) is 8.01. The van der Waals surface area contributed by atoms with Gasteiger partial charge in [0.25, 0.3) is 0 Å². The Morgan fingerprint density at radius 3 is 2.60 bits per heavy atom. The van der Waals surface area contributed by atoms with E-state index in [1.807, 2.05) is 43.8 Å². The molecule has 25 heavy (non-hydrogen) atoms. The minimum atomic E-state index is 0.0476. The lowest BCUT2D eigenvalue weighted by Gasteiger charge is -2.21. The number of aromatic nitrogens is 3. The lowest BCUT2D eigenvalue weighted by Crippen LogP contribution is -2.19. The van der Waals surface area contributed by atoms with Gasteiger partial charge in [-0.05, 0) is 32.3 Å². The minimum Gasteiger partial charge on any atom is -0.377 e. The third-order valence-electron chi connectivity index (χ3n) is 4.69. The predicted molar refractivity (Wildman–Crippen MR) is 99.3 cm³/mol. The molecule has 1 aliphatic rings. The topological polar surface area (TPSA) is 54.3 Å². The Morgan fingerprint density at radius 2 is 1.88 bits per heavy atom. The van der Waals surface area contributed by atoms with Gasteiger partial charge in [0.05, 0.1) is 17.6 Å². The summed E-state index contributed by atoms with van der Waals surface area (Å²) in [4.78, 5) is 21.5. The van der Waals surface area contributed by atoms with Gasteiger partial charge in [0.1, 0.15) is 5.69 Å². The zero-order chi connectivity index (χ0) is 17.7. The van der Waals surface area contributed by atoms with Crippen LogP contribution in [0.4, 0.5) is 5.69 Å². The quantitative estimate of drug-likeness (QED) is 0.573. The van der Waals surface area contributed by atoms with Gasteiger partial charge < -0.3 is 9.80 Å². The molecule has 0 radical (unpaired) electrons. The Kier molecular flexibility index (Phi) is 3.58. The molecule has 0 saturated heterocycles. The smallest absolute Gasteiger partial charge is 0.196 e. The number of rotatable bonds is 4. The van der Waals surface area contributed by atoms with Crippen LogP contribution in [-0.4, -0.2) is 60.2 Å². The average molecular weight is 335 g/mol. The van der Waals surface area contributed by atoms with Crippen LogP contribution < -0.4 is 4.90 Å². The van der Waals surface area contributed by atoms with Crippen molar-refractivity contribution in [2.75, 3.05) is 39.6 Å². The van der Waals surface area contributed by atoms with Gasteiger partial charge in [-0.15, -0.1) is 0 Å². The molecular weight excluding hydrogens is 314 g/mol. The molecule has 0 N–H and O–H groups in total. The molecule has 1 aliphatic carbocycles. The number of likely N-dealkylation sites (N-methyl/N-ethyl adjacent to an activating group) is 1. The number of ketones is 1. The normalized spacial score (nSPS) is 12.8. The lowest BCUT2D eigenvalue weighted by molar-refractivity contribution is 0.104. The van der Waals surface area contributed by atoms with E-state index in [9.17, 15) is 4.79 Å². The highest BCUT2D eigenvalue weighted by atomic mass is 16.1. The van der Waals surface area contributed by atoms with E-state index in [4.69, 9.17) is 5.10 Å². The van der Waals surface area contributed by atoms with Crippen molar-refractivity contribution >= 4 is 22.4 Å². The number of anilines is 1. The van der Waals surface area contributed by atoms with Gasteiger partial charge in [-0.1, -0.05) is 0 Å². The summed E-state index contributed by atoms with van der Waals surface area (Å²) >= 11 is 0. The number of pyridine rings is 1. The van der Waals surface area contributed by atoms with Crippen LogP contribution in [-0.2, 0) is 6.54 Å². The Labute approximate surface area is 146 Å². The summed E-state index contributed by atoms with van der Waals surface area (Å²) in [5.74, 6) is 0.0476. The first-order valence-corrected chi connectivity index (χ1v) is 8.33. The summed E-state index contributed by atoms with van der Waals surface area (Å²) in [6.07, 6.45) is 3.41. The Bertz CT molecular complexity index is 987. The molecule has 0 amide bonds. The van der Waals surface area contributed by atoms with E-state index < -0.39 is 0 Å². The van der Waals surface area contributed by atoms with Gasteiger partial charge in [-0.25, -0.2) is 0 Å². The fourth-order valence-electron chi connectivity index (χ4n) is 3.43. The maximum atomic E-state index is 13.2. The van der Waals surface area contributed by atoms with E-state index in [1.165, 1.54) is 0 Å². The van der Waals surface area contributed by atoms with Crippen molar-refractivity contribution in [3.63, 3.8) is 0 Å². The van der Waals surface area contributed by atoms with Crippen LogP contribution >= 0.6 is 0 Å². The van der Waals surface area contributed by atoms with Crippen LogP contribution in [0.1, 0.15) is 15.9 Å². The fraction of sp³-hybridized carbons (Fsp3) is 0.316. The first kappa shape index (κ1) is 15.8. The third kappa shape index (κ3) is 2.33. The van der Waals surface area contributed by atoms with E-state index in [-0.39, 0.29) is 5.78 Å². The van der Waals surface area contributed by atoms with Gasteiger partial charge in [-0.3, -0.25) is 14.5 Å². The van der Waals surface area contributed by atoms with Crippen molar-refractivity contribution in [1.82, 2.24) is 19.7 Å². The van der Waals surface area contributed by atoms with Crippen LogP contribution in [0.15, 0.2) is 30.6 Å². The highest BCUT2D eigenvalue weighted by molar-refractivity contribution is 6.27. The van der Waals surface area contributed by atoms with Gasteiger partial charge in [0.2, 0.25) is 0 Å². The number of hydrogen-bond acceptors (Lipinski definition) is 5. The van der Waals surface area contributed by atoms with Gasteiger partial charge in [0, 0.05) is 55.2 Å². The molecule has 0 saturated carbocycles. The number of nitrogens with zero attached hydrogens (tertiary/aromatic N) is 5. The molecular formula is C19H21N5O. The molecule has 2 aromatic heterocycles. The van der Waals surface area contributed by atoms with E-state index in [0.29, 0.717) is 5.56 Å². The first-order chi connectivity index (χ1) is 12.0. The predicted octanol–water partition coefficient (Wildman–Crippen LogP) is 2.27. The Balaban J connectivity index is 2.04. The van der Waals surface area contributed by atoms with Crippen LogP contribution in [0.2, 0.25) is 0 Å². The number of carbonyl (C=O) groups is 1. The zero-order valence-corrected chi connectivity index (χ0v) is 14.9. The van der Waals surface area contributed by atoms with Gasteiger partial charge in [0.15, 0.2) is 5.78 Å². The number of fused-ring (bicyclic) bond motifs is 2. The summed E-state index contributed by atoms with van der Waals surface area (Å²) in [5.41, 5.74) is 5.02. The Hall–Kier alpha value is -2.73. The highest BCUT2D eigenvalue weighted by Gasteiger charge is 2.31. The number of carbonyl (C=O) groups excluding carboxylic acids is 1. The fourth-order valence-corrected chi connectivity index (χ4v) is 3.43. The summed E-state index contributed by atoms with van der Waals surface area (Å²) in [5, 5.41) is 5.79. The van der Waals surface area contributed by atoms with E-state index in [1.54, 1.807) is 18.5 Å². The van der Waals surface area contributed by atoms with Crippen molar-refractivity contribution in [2.45, 2.75) is 6.54 Å². The monoisotopic (exact) mass is 335 g/mol. The van der Waals surface area contributed by atoms with Gasteiger partial charge in [-0.2, -0.15) is 5.10 Å². The summed E-state index contributed by atoms with van der Waals surface area (Å²) in [6, 6.07) is 5.87. The maximum Gasteiger partial charge on any atom is 0.196 e. The van der Waals surface area contributed by atoms with Crippen molar-refractivity contribution in [2.24, 2.45) is 0 Å². The Morgan fingerprint density at radius 1 is 1.08 bits per heavy atom. The molecule has 0 aliphatic heterocycles. The number of benzene rings is 1. The average Bonchev–Trinajstić information content (AvgIpc) is 2.97. The summed E-state index contributed by atoms with van der Waals surface area (Å²) < 4.78 is 2.00. The molecule has 0 bridgehead atoms. The third-order valence-corrected chi connectivity index (χ3v) is 4.69. The summed E-state index contributed by atoms with van der Waals surface area (Å²) in [6.45, 7) is 1.66. The van der Waals surface area contributed by atoms with Crippen molar-refractivity contribution in [1.29, 1.82) is 0 Å². The molecule has 0 fully saturated rings. The minimum absolute atomic E-state index is 0.0476. The van der Waals surface area contributed by atoms with E-state index >= 15 is 0 Å². The maximum absolute atomic E-state index is 13.2. The van der Waals surface area contributed by atoms with E-state index in [0.717, 1.165) is 46.5 Å². The second-order valence-electron chi connectivity index (χ2n) is 6.87. The van der Waals surface area contributed by atoms with E-state index in [2.05, 4.69) is 16.0 Å². The molecule has 2 heterocycles. The molecule has 3 aromatic rings. The van der Waals surface area contributed by atoms with Crippen LogP contribution in [0, 0.1) is 0 Å². The SMILES string of the molecule is CN(C)CCn1nc2c3c(c(N(C)C)ccc31)C(=O)c1ccncc1-2. The van der Waals surface area contributed by atoms with Crippen LogP contribution in [0.3, 0.4) is 0 Å². The van der Waals surface area contributed by atoms with Crippen molar-refractivity contribution < 1.29 is 4.79 Å². The van der Waals surface area contributed by atoms with Crippen molar-refractivity contribution in [3.05, 3.63) is 41.7 Å². The molecule has 6 heteroatoms. The van der Waals surface area contributed by atoms with Crippen molar-refractivity contribution in [3.8, 4) is 11.3 Å². The van der Waals surface area contributed by atoms with Gasteiger partial charge >= 0.3 is 0 Å². The van der Waals surface area contributed by atoms with Crippen LogP contribution in [0.25, 0.3) is 22.2 Å². The second kappa shape index (κ2) is 5.67. The first-order valence-electron chi connectivity index (χ1n) is 8.33. The largest absolute Gasteiger partial charge is 0.377 e. The molecule has 0 atom stereocenters. The standard InChI is InChI=1S/C19H21N5O/c1-22(2)9-10-24-15-6-5-14(23(3)4)17-16(15)18(21-24)13-11-20-8-7-12(13)19(17)25/h5-8,11H,9-10H2,1-4H3. The molecule has 1 aromatic carbocycles.